The smallest absolute Gasteiger partial charge is 0.0516 e. The van der Waals surface area contributed by atoms with E-state index in [1.54, 1.807) is 0 Å². The molecule has 0 spiro atoms. The van der Waals surface area contributed by atoms with Crippen LogP contribution in [0.1, 0.15) is 5.56 Å². The minimum absolute atomic E-state index is 0.548. The third-order valence-electron chi connectivity index (χ3n) is 1.74. The molecule has 1 nitrogen and oxygen atoms in total. The first-order chi connectivity index (χ1) is 6.63. The largest absolute Gasteiger partial charge is 0.380 e. The lowest BCUT2D eigenvalue weighted by Gasteiger charge is -2.06. The molecule has 0 atom stereocenters. The first-order valence-corrected chi connectivity index (χ1v) is 5.69. The van der Waals surface area contributed by atoms with E-state index in [0.29, 0.717) is 11.6 Å². The number of benzene rings is 1. The van der Waals surface area contributed by atoms with E-state index in [9.17, 15) is 0 Å². The van der Waals surface area contributed by atoms with Crippen molar-refractivity contribution in [2.24, 2.45) is 0 Å². The first-order valence-electron chi connectivity index (χ1n) is 4.08. The average molecular weight is 295 g/mol. The van der Waals surface area contributed by atoms with Crippen LogP contribution in [-0.2, 0) is 0 Å². The Labute approximate surface area is 102 Å². The molecule has 0 unspecified atom stereocenters. The summed E-state index contributed by atoms with van der Waals surface area (Å²) in [5.74, 6) is 0. The summed E-state index contributed by atoms with van der Waals surface area (Å²) in [6.07, 6.45) is 0. The molecule has 1 rings (SSSR count). The molecule has 0 saturated heterocycles. The summed E-state index contributed by atoms with van der Waals surface area (Å²) in [4.78, 5) is 0. The van der Waals surface area contributed by atoms with Crippen LogP contribution in [0.15, 0.2) is 33.2 Å². The van der Waals surface area contributed by atoms with Crippen LogP contribution in [0.5, 0.6) is 0 Å². The third-order valence-corrected chi connectivity index (χ3v) is 3.25. The van der Waals surface area contributed by atoms with Gasteiger partial charge >= 0.3 is 0 Å². The van der Waals surface area contributed by atoms with Crippen molar-refractivity contribution in [3.8, 4) is 0 Å². The van der Waals surface area contributed by atoms with Gasteiger partial charge in [-0.15, -0.1) is 0 Å². The lowest BCUT2D eigenvalue weighted by Crippen LogP contribution is -2.01. The van der Waals surface area contributed by atoms with Crippen LogP contribution in [0, 0.1) is 6.92 Å². The minimum Gasteiger partial charge on any atom is -0.380 e. The van der Waals surface area contributed by atoms with Crippen LogP contribution in [-0.4, -0.2) is 6.54 Å². The summed E-state index contributed by atoms with van der Waals surface area (Å²) in [7, 11) is 0. The van der Waals surface area contributed by atoms with E-state index < -0.39 is 0 Å². The van der Waals surface area contributed by atoms with E-state index in [4.69, 9.17) is 23.2 Å². The van der Waals surface area contributed by atoms with Crippen LogP contribution >= 0.6 is 39.1 Å². The van der Waals surface area contributed by atoms with Crippen molar-refractivity contribution in [3.63, 3.8) is 0 Å². The van der Waals surface area contributed by atoms with Gasteiger partial charge in [0.25, 0.3) is 0 Å². The summed E-state index contributed by atoms with van der Waals surface area (Å²) in [5, 5.41) is 3.75. The van der Waals surface area contributed by atoms with Gasteiger partial charge in [0.2, 0.25) is 0 Å². The molecule has 0 heterocycles. The zero-order valence-corrected chi connectivity index (χ0v) is 10.7. The molecule has 76 valence electrons. The van der Waals surface area contributed by atoms with Gasteiger partial charge in [0, 0.05) is 20.7 Å². The zero-order chi connectivity index (χ0) is 10.6. The quantitative estimate of drug-likeness (QED) is 0.866. The predicted octanol–water partition coefficient (Wildman–Crippen LogP) is 4.49. The van der Waals surface area contributed by atoms with E-state index >= 15 is 0 Å². The minimum atomic E-state index is 0.548. The average Bonchev–Trinajstić information content (AvgIpc) is 2.19. The van der Waals surface area contributed by atoms with Crippen LogP contribution < -0.4 is 5.32 Å². The number of nitrogens with one attached hydrogen (secondary N) is 1. The molecule has 1 N–H and O–H groups in total. The highest BCUT2D eigenvalue weighted by atomic mass is 79.9. The fourth-order valence-electron chi connectivity index (χ4n) is 0.980. The number of halogens is 3. The normalized spacial score (nSPS) is 11.6. The Bertz CT molecular complexity index is 350. The summed E-state index contributed by atoms with van der Waals surface area (Å²) in [5.41, 5.74) is 3.57. The molecule has 0 bridgehead atoms. The Kier molecular flexibility index (Phi) is 4.79. The summed E-state index contributed by atoms with van der Waals surface area (Å²) in [6.45, 7) is 2.58. The van der Waals surface area contributed by atoms with Gasteiger partial charge in [0.15, 0.2) is 0 Å². The Hall–Kier alpha value is -0.180. The van der Waals surface area contributed by atoms with Crippen molar-refractivity contribution >= 4 is 44.8 Å². The fraction of sp³-hybridized carbons (Fsp3) is 0.200. The lowest BCUT2D eigenvalue weighted by atomic mass is 10.2. The standard InChI is InChI=1S/C10H10BrCl2N/c1-7-4-9(2-3-10(7)11)14-6-8(13)5-12/h2-5,14H,6H2,1H3. The molecule has 0 radical (unpaired) electrons. The fourth-order valence-corrected chi connectivity index (χ4v) is 1.37. The van der Waals surface area contributed by atoms with Gasteiger partial charge in [0.1, 0.15) is 0 Å². The van der Waals surface area contributed by atoms with E-state index in [2.05, 4.69) is 21.2 Å². The van der Waals surface area contributed by atoms with Crippen molar-refractivity contribution in [1.29, 1.82) is 0 Å². The Morgan fingerprint density at radius 3 is 2.86 bits per heavy atom. The monoisotopic (exact) mass is 293 g/mol. The van der Waals surface area contributed by atoms with Crippen LogP contribution in [0.2, 0.25) is 0 Å². The van der Waals surface area contributed by atoms with Gasteiger partial charge in [-0.3, -0.25) is 0 Å². The second kappa shape index (κ2) is 5.64. The molecule has 0 aliphatic carbocycles. The van der Waals surface area contributed by atoms with Crippen LogP contribution in [0.3, 0.4) is 0 Å². The molecule has 0 fully saturated rings. The maximum absolute atomic E-state index is 5.74. The lowest BCUT2D eigenvalue weighted by molar-refractivity contribution is 1.30. The predicted molar refractivity (Wildman–Crippen MR) is 67.2 cm³/mol. The number of anilines is 1. The van der Waals surface area contributed by atoms with Crippen LogP contribution in [0.4, 0.5) is 5.69 Å². The van der Waals surface area contributed by atoms with Gasteiger partial charge in [0.05, 0.1) is 6.54 Å². The first kappa shape index (κ1) is 11.9. The molecule has 1 aromatic carbocycles. The zero-order valence-electron chi connectivity index (χ0n) is 7.65. The van der Waals surface area contributed by atoms with E-state index in [1.807, 2.05) is 25.1 Å². The molecule has 4 heteroatoms. The number of hydrogen-bond acceptors (Lipinski definition) is 1. The highest BCUT2D eigenvalue weighted by Gasteiger charge is 1.97. The maximum atomic E-state index is 5.74. The van der Waals surface area contributed by atoms with Gasteiger partial charge in [-0.05, 0) is 30.7 Å². The highest BCUT2D eigenvalue weighted by molar-refractivity contribution is 9.10. The number of rotatable bonds is 3. The van der Waals surface area contributed by atoms with Crippen molar-refractivity contribution < 1.29 is 0 Å². The molecular formula is C10H10BrCl2N. The maximum Gasteiger partial charge on any atom is 0.0516 e. The summed E-state index contributed by atoms with van der Waals surface area (Å²) < 4.78 is 1.10. The Morgan fingerprint density at radius 1 is 1.57 bits per heavy atom. The molecule has 1 aromatic rings. The Morgan fingerprint density at radius 2 is 2.29 bits per heavy atom. The van der Waals surface area contributed by atoms with E-state index in [0.717, 1.165) is 10.2 Å². The molecular weight excluding hydrogens is 285 g/mol. The topological polar surface area (TPSA) is 12.0 Å². The van der Waals surface area contributed by atoms with Gasteiger partial charge in [-0.2, -0.15) is 0 Å². The summed E-state index contributed by atoms with van der Waals surface area (Å²) >= 11 is 14.6. The van der Waals surface area contributed by atoms with E-state index in [-0.39, 0.29) is 0 Å². The summed E-state index contributed by atoms with van der Waals surface area (Å²) in [6, 6.07) is 6.02. The Balaban J connectivity index is 2.64. The van der Waals surface area contributed by atoms with E-state index in [1.165, 1.54) is 11.1 Å². The second-order valence-corrected chi connectivity index (χ2v) is 4.43. The van der Waals surface area contributed by atoms with Crippen molar-refractivity contribution in [3.05, 3.63) is 38.8 Å². The molecule has 14 heavy (non-hydrogen) atoms. The van der Waals surface area contributed by atoms with Gasteiger partial charge < -0.3 is 5.32 Å². The second-order valence-electron chi connectivity index (χ2n) is 2.87. The molecule has 0 amide bonds. The number of hydrogen-bond donors (Lipinski definition) is 1. The number of aryl methyl sites for hydroxylation is 1. The molecule has 0 aliphatic heterocycles. The van der Waals surface area contributed by atoms with Crippen molar-refractivity contribution in [2.75, 3.05) is 11.9 Å². The third kappa shape index (κ3) is 3.52. The van der Waals surface area contributed by atoms with Crippen LogP contribution in [0.25, 0.3) is 0 Å². The molecule has 0 aliphatic rings. The van der Waals surface area contributed by atoms with Gasteiger partial charge in [-0.25, -0.2) is 0 Å². The van der Waals surface area contributed by atoms with Crippen molar-refractivity contribution in [2.45, 2.75) is 6.92 Å². The van der Waals surface area contributed by atoms with Crippen molar-refractivity contribution in [1.82, 2.24) is 0 Å². The molecule has 0 aromatic heterocycles. The van der Waals surface area contributed by atoms with Gasteiger partial charge in [-0.1, -0.05) is 39.1 Å². The highest BCUT2D eigenvalue weighted by Crippen LogP contribution is 2.20. The molecule has 0 saturated carbocycles. The SMILES string of the molecule is Cc1cc(NCC(Cl)=CCl)ccc1Br.